The van der Waals surface area contributed by atoms with E-state index in [1.165, 1.54) is 0 Å². The lowest BCUT2D eigenvalue weighted by molar-refractivity contribution is 0.0509. The second kappa shape index (κ2) is 8.34. The average Bonchev–Trinajstić information content (AvgIpc) is 2.93. The van der Waals surface area contributed by atoms with Crippen LogP contribution in [0.4, 0.5) is 5.69 Å². The van der Waals surface area contributed by atoms with Crippen molar-refractivity contribution >= 4 is 28.6 Å². The number of nitrogens with zero attached hydrogens (tertiary/aromatic N) is 2. The van der Waals surface area contributed by atoms with E-state index in [4.69, 9.17) is 9.47 Å². The molecule has 0 saturated carbocycles. The van der Waals surface area contributed by atoms with Crippen molar-refractivity contribution in [3.05, 3.63) is 53.3 Å². The summed E-state index contributed by atoms with van der Waals surface area (Å²) >= 11 is 0. The number of carbonyl (C=O) groups is 2. The molecule has 0 aliphatic carbocycles. The van der Waals surface area contributed by atoms with Crippen molar-refractivity contribution in [1.82, 2.24) is 9.55 Å². The maximum Gasteiger partial charge on any atom is 0.358 e. The van der Waals surface area contributed by atoms with E-state index in [0.717, 1.165) is 0 Å². The second-order valence-corrected chi connectivity index (χ2v) is 6.94. The normalized spacial score (nSPS) is 11.0. The molecule has 0 spiro atoms. The first-order chi connectivity index (χ1) is 13.8. The summed E-state index contributed by atoms with van der Waals surface area (Å²) in [6.07, 6.45) is -0.155. The molecule has 0 bridgehead atoms. The van der Waals surface area contributed by atoms with Gasteiger partial charge in [-0.05, 0) is 45.9 Å². The summed E-state index contributed by atoms with van der Waals surface area (Å²) in [5.41, 5.74) is 2.62. The van der Waals surface area contributed by atoms with Gasteiger partial charge in [0.05, 0.1) is 29.5 Å². The second-order valence-electron chi connectivity index (χ2n) is 6.94. The SMILES string of the molecule is CCOC(=O)c1c(OC(C)C)c2cc(NC(=O)c3ccccc3)c(C)nc2n1C. The fourth-order valence-corrected chi connectivity index (χ4v) is 3.10. The van der Waals surface area contributed by atoms with Crippen LogP contribution < -0.4 is 10.1 Å². The maximum atomic E-state index is 12.6. The fraction of sp³-hybridized carbons (Fsp3) is 0.318. The van der Waals surface area contributed by atoms with Crippen LogP contribution >= 0.6 is 0 Å². The molecule has 152 valence electrons. The smallest absolute Gasteiger partial charge is 0.358 e. The Morgan fingerprint density at radius 3 is 2.52 bits per heavy atom. The molecular weight excluding hydrogens is 370 g/mol. The quantitative estimate of drug-likeness (QED) is 0.636. The number of benzene rings is 1. The van der Waals surface area contributed by atoms with Crippen LogP contribution in [-0.2, 0) is 11.8 Å². The minimum Gasteiger partial charge on any atom is -0.488 e. The Morgan fingerprint density at radius 2 is 1.90 bits per heavy atom. The lowest BCUT2D eigenvalue weighted by Gasteiger charge is -2.12. The zero-order valence-corrected chi connectivity index (χ0v) is 17.3. The number of hydrogen-bond donors (Lipinski definition) is 1. The lowest BCUT2D eigenvalue weighted by atomic mass is 10.2. The van der Waals surface area contributed by atoms with Crippen LogP contribution in [0, 0.1) is 6.92 Å². The minimum atomic E-state index is -0.476. The lowest BCUT2D eigenvalue weighted by Crippen LogP contribution is -2.14. The third-order valence-corrected chi connectivity index (χ3v) is 4.41. The van der Waals surface area contributed by atoms with Crippen LogP contribution in [0.25, 0.3) is 11.0 Å². The van der Waals surface area contributed by atoms with Crippen LogP contribution in [-0.4, -0.2) is 34.1 Å². The van der Waals surface area contributed by atoms with Crippen LogP contribution in [0.1, 0.15) is 47.3 Å². The molecule has 1 amide bonds. The van der Waals surface area contributed by atoms with E-state index in [-0.39, 0.29) is 18.6 Å². The summed E-state index contributed by atoms with van der Waals surface area (Å²) in [6, 6.07) is 10.7. The van der Waals surface area contributed by atoms with Gasteiger partial charge >= 0.3 is 5.97 Å². The number of aromatic nitrogens is 2. The number of aryl methyl sites for hydroxylation is 2. The van der Waals surface area contributed by atoms with Crippen LogP contribution in [0.15, 0.2) is 36.4 Å². The summed E-state index contributed by atoms with van der Waals surface area (Å²) in [6.45, 7) is 7.58. The number of pyridine rings is 1. The van der Waals surface area contributed by atoms with Gasteiger partial charge in [-0.3, -0.25) is 4.79 Å². The van der Waals surface area contributed by atoms with Gasteiger partial charge in [0.1, 0.15) is 5.65 Å². The molecule has 3 aromatic rings. The van der Waals surface area contributed by atoms with Crippen LogP contribution in [0.5, 0.6) is 5.75 Å². The van der Waals surface area contributed by atoms with Gasteiger partial charge in [0.2, 0.25) is 0 Å². The summed E-state index contributed by atoms with van der Waals surface area (Å²) in [5, 5.41) is 3.54. The van der Waals surface area contributed by atoms with Crippen molar-refractivity contribution in [3.8, 4) is 5.75 Å². The molecule has 7 heteroatoms. The van der Waals surface area contributed by atoms with E-state index < -0.39 is 5.97 Å². The molecule has 0 unspecified atom stereocenters. The van der Waals surface area contributed by atoms with Gasteiger partial charge in [-0.25, -0.2) is 9.78 Å². The Labute approximate surface area is 169 Å². The number of hydrogen-bond acceptors (Lipinski definition) is 5. The number of ether oxygens (including phenoxy) is 2. The third-order valence-electron chi connectivity index (χ3n) is 4.41. The van der Waals surface area contributed by atoms with Crippen molar-refractivity contribution in [3.63, 3.8) is 0 Å². The Balaban J connectivity index is 2.11. The monoisotopic (exact) mass is 395 g/mol. The summed E-state index contributed by atoms with van der Waals surface area (Å²) in [4.78, 5) is 29.7. The van der Waals surface area contributed by atoms with Gasteiger partial charge in [0, 0.05) is 12.6 Å². The van der Waals surface area contributed by atoms with E-state index in [9.17, 15) is 9.59 Å². The van der Waals surface area contributed by atoms with Crippen molar-refractivity contribution in [2.45, 2.75) is 33.8 Å². The Hall–Kier alpha value is -3.35. The molecule has 0 saturated heterocycles. The highest BCUT2D eigenvalue weighted by Gasteiger charge is 2.26. The molecule has 1 aromatic carbocycles. The Kier molecular flexibility index (Phi) is 5.87. The van der Waals surface area contributed by atoms with E-state index in [2.05, 4.69) is 10.3 Å². The van der Waals surface area contributed by atoms with Crippen LogP contribution in [0.2, 0.25) is 0 Å². The molecule has 2 aromatic heterocycles. The number of rotatable bonds is 6. The molecule has 0 aliphatic heterocycles. The first-order valence-electron chi connectivity index (χ1n) is 9.53. The van der Waals surface area contributed by atoms with Crippen LogP contribution in [0.3, 0.4) is 0 Å². The van der Waals surface area contributed by atoms with Crippen molar-refractivity contribution in [2.24, 2.45) is 7.05 Å². The van der Waals surface area contributed by atoms with Gasteiger partial charge in [0.15, 0.2) is 11.4 Å². The number of amides is 1. The molecule has 0 atom stereocenters. The molecule has 2 heterocycles. The molecule has 0 radical (unpaired) electrons. The number of esters is 1. The van der Waals surface area contributed by atoms with Crippen molar-refractivity contribution in [1.29, 1.82) is 0 Å². The predicted octanol–water partition coefficient (Wildman–Crippen LogP) is 4.10. The number of fused-ring (bicyclic) bond motifs is 1. The van der Waals surface area contributed by atoms with Crippen molar-refractivity contribution in [2.75, 3.05) is 11.9 Å². The van der Waals surface area contributed by atoms with E-state index in [0.29, 0.717) is 39.4 Å². The highest BCUT2D eigenvalue weighted by atomic mass is 16.5. The maximum absolute atomic E-state index is 12.6. The topological polar surface area (TPSA) is 82.4 Å². The number of anilines is 1. The predicted molar refractivity (Wildman–Crippen MR) is 112 cm³/mol. The largest absolute Gasteiger partial charge is 0.488 e. The number of nitrogens with one attached hydrogen (secondary N) is 1. The highest BCUT2D eigenvalue weighted by Crippen LogP contribution is 2.35. The first kappa shape index (κ1) is 20.4. The van der Waals surface area contributed by atoms with E-state index in [1.54, 1.807) is 55.8 Å². The van der Waals surface area contributed by atoms with Gasteiger partial charge in [-0.2, -0.15) is 0 Å². The number of carbonyl (C=O) groups excluding carboxylic acids is 2. The van der Waals surface area contributed by atoms with Gasteiger partial charge in [0.25, 0.3) is 5.91 Å². The van der Waals surface area contributed by atoms with E-state index >= 15 is 0 Å². The van der Waals surface area contributed by atoms with Gasteiger partial charge in [-0.1, -0.05) is 18.2 Å². The molecule has 29 heavy (non-hydrogen) atoms. The Bertz CT molecular complexity index is 1060. The molecule has 0 aliphatic rings. The Morgan fingerprint density at radius 1 is 1.21 bits per heavy atom. The minimum absolute atomic E-state index is 0.155. The zero-order chi connectivity index (χ0) is 21.1. The summed E-state index contributed by atoms with van der Waals surface area (Å²) < 4.78 is 12.8. The molecule has 1 N–H and O–H groups in total. The molecular formula is C22H25N3O4. The summed E-state index contributed by atoms with van der Waals surface area (Å²) in [7, 11) is 1.75. The summed E-state index contributed by atoms with van der Waals surface area (Å²) in [5.74, 6) is -0.308. The molecule has 7 nitrogen and oxygen atoms in total. The van der Waals surface area contributed by atoms with Gasteiger partial charge in [-0.15, -0.1) is 0 Å². The van der Waals surface area contributed by atoms with Gasteiger partial charge < -0.3 is 19.4 Å². The zero-order valence-electron chi connectivity index (χ0n) is 17.3. The highest BCUT2D eigenvalue weighted by molar-refractivity contribution is 6.06. The first-order valence-corrected chi connectivity index (χ1v) is 9.53. The molecule has 3 rings (SSSR count). The molecule has 0 fully saturated rings. The standard InChI is InChI=1S/C22H25N3O4/c1-6-28-22(27)18-19(29-13(2)3)16-12-17(14(4)23-20(16)25(18)5)24-21(26)15-10-8-7-9-11-15/h7-13H,6H2,1-5H3,(H,24,26). The van der Waals surface area contributed by atoms with E-state index in [1.807, 2.05) is 19.9 Å². The average molecular weight is 395 g/mol. The third kappa shape index (κ3) is 4.08. The van der Waals surface area contributed by atoms with Crippen molar-refractivity contribution < 1.29 is 19.1 Å². The fourth-order valence-electron chi connectivity index (χ4n) is 3.10.